The molecule has 2 N–H and O–H groups in total. The summed E-state index contributed by atoms with van der Waals surface area (Å²) in [5.41, 5.74) is 1.10. The molecule has 2 aliphatic heterocycles. The van der Waals surface area contributed by atoms with Crippen LogP contribution < -0.4 is 15.6 Å². The molecule has 8 heteroatoms. The Morgan fingerprint density at radius 1 is 1.32 bits per heavy atom. The van der Waals surface area contributed by atoms with Crippen molar-refractivity contribution in [2.24, 2.45) is 0 Å². The highest BCUT2D eigenvalue weighted by Gasteiger charge is 2.36. The van der Waals surface area contributed by atoms with E-state index in [0.717, 1.165) is 24.2 Å². The van der Waals surface area contributed by atoms with Crippen LogP contribution in [0.5, 0.6) is 5.75 Å². The van der Waals surface area contributed by atoms with Crippen molar-refractivity contribution in [2.45, 2.75) is 43.6 Å². The van der Waals surface area contributed by atoms with Crippen LogP contribution in [0.15, 0.2) is 29.1 Å². The predicted molar refractivity (Wildman–Crippen MR) is 109 cm³/mol. The Labute approximate surface area is 167 Å². The molecule has 0 unspecified atom stereocenters. The Bertz CT molecular complexity index is 949. The molecule has 0 aliphatic carbocycles. The Morgan fingerprint density at radius 3 is 2.89 bits per heavy atom. The second-order valence-corrected chi connectivity index (χ2v) is 8.94. The fourth-order valence-corrected chi connectivity index (χ4v) is 5.12. The SMILES string of the molecule is COc1cccc([C@@H]2SCC(=O)Nc3c2c(=O)[nH]n3[C@H]2CCOC(C)(C)C2)c1. The zero-order chi connectivity index (χ0) is 19.9. The predicted octanol–water partition coefficient (Wildman–Crippen LogP) is 3.09. The number of benzene rings is 1. The van der Waals surface area contributed by atoms with Crippen molar-refractivity contribution in [2.75, 3.05) is 24.8 Å². The molecule has 0 radical (unpaired) electrons. The van der Waals surface area contributed by atoms with Crippen LogP contribution in [0.25, 0.3) is 0 Å². The van der Waals surface area contributed by atoms with E-state index in [1.165, 1.54) is 11.8 Å². The largest absolute Gasteiger partial charge is 0.497 e. The Kier molecular flexibility index (Phi) is 5.01. The van der Waals surface area contributed by atoms with Crippen molar-refractivity contribution < 1.29 is 14.3 Å². The number of aromatic nitrogens is 2. The molecule has 0 bridgehead atoms. The summed E-state index contributed by atoms with van der Waals surface area (Å²) in [4.78, 5) is 25.4. The molecule has 1 saturated heterocycles. The number of aromatic amines is 1. The molecule has 2 atom stereocenters. The van der Waals surface area contributed by atoms with Crippen LogP contribution in [0.4, 0.5) is 5.82 Å². The number of carbonyl (C=O) groups is 1. The molecule has 1 aromatic carbocycles. The number of nitrogens with zero attached hydrogens (tertiary/aromatic N) is 1. The molecule has 2 aromatic rings. The lowest BCUT2D eigenvalue weighted by Crippen LogP contribution is -2.36. The first-order chi connectivity index (χ1) is 13.4. The number of carbonyl (C=O) groups excluding carboxylic acids is 1. The number of anilines is 1. The van der Waals surface area contributed by atoms with E-state index in [1.807, 2.05) is 42.8 Å². The molecule has 1 aromatic heterocycles. The van der Waals surface area contributed by atoms with Crippen LogP contribution in [0.3, 0.4) is 0 Å². The highest BCUT2D eigenvalue weighted by molar-refractivity contribution is 8.00. The molecule has 28 heavy (non-hydrogen) atoms. The van der Waals surface area contributed by atoms with Crippen LogP contribution in [-0.4, -0.2) is 40.8 Å². The summed E-state index contributed by atoms with van der Waals surface area (Å²) in [6, 6.07) is 7.73. The van der Waals surface area contributed by atoms with Gasteiger partial charge < -0.3 is 14.8 Å². The summed E-state index contributed by atoms with van der Waals surface area (Å²) in [6.07, 6.45) is 1.55. The van der Waals surface area contributed by atoms with Gasteiger partial charge in [0.1, 0.15) is 11.6 Å². The van der Waals surface area contributed by atoms with Gasteiger partial charge in [-0.3, -0.25) is 19.4 Å². The van der Waals surface area contributed by atoms with Crippen LogP contribution in [0, 0.1) is 0 Å². The molecular weight excluding hydrogens is 378 g/mol. The standard InChI is InChI=1S/C20H25N3O4S/c1-20(2)10-13(7-8-27-20)23-18-16(19(25)22-23)17(28-11-15(24)21-18)12-5-4-6-14(9-12)26-3/h4-6,9,13,17H,7-8,10-11H2,1-3H3,(H,21,24)(H,22,25)/t13-,17-/m0/s1. The first-order valence-electron chi connectivity index (χ1n) is 9.42. The molecule has 0 saturated carbocycles. The van der Waals surface area contributed by atoms with Crippen molar-refractivity contribution in [3.8, 4) is 5.75 Å². The van der Waals surface area contributed by atoms with Gasteiger partial charge in [0.2, 0.25) is 5.91 Å². The van der Waals surface area contributed by atoms with E-state index in [9.17, 15) is 9.59 Å². The third-order valence-electron chi connectivity index (χ3n) is 5.30. The van der Waals surface area contributed by atoms with Gasteiger partial charge in [-0.1, -0.05) is 12.1 Å². The molecule has 2 aliphatic rings. The minimum atomic E-state index is -0.271. The molecule has 150 valence electrons. The van der Waals surface area contributed by atoms with Crippen LogP contribution in [0.1, 0.15) is 49.1 Å². The minimum absolute atomic E-state index is 0.0644. The van der Waals surface area contributed by atoms with Crippen LogP contribution in [0.2, 0.25) is 0 Å². The number of hydrogen-bond donors (Lipinski definition) is 2. The van der Waals surface area contributed by atoms with E-state index < -0.39 is 0 Å². The summed E-state index contributed by atoms with van der Waals surface area (Å²) in [5.74, 6) is 1.49. The quantitative estimate of drug-likeness (QED) is 0.823. The number of fused-ring (bicyclic) bond motifs is 1. The van der Waals surface area contributed by atoms with E-state index in [0.29, 0.717) is 18.0 Å². The molecule has 3 heterocycles. The molecule has 7 nitrogen and oxygen atoms in total. The number of ether oxygens (including phenoxy) is 2. The topological polar surface area (TPSA) is 85.4 Å². The lowest BCUT2D eigenvalue weighted by atomic mass is 9.94. The van der Waals surface area contributed by atoms with Crippen LogP contribution in [-0.2, 0) is 9.53 Å². The Morgan fingerprint density at radius 2 is 2.14 bits per heavy atom. The average Bonchev–Trinajstić information content (AvgIpc) is 2.87. The van der Waals surface area contributed by atoms with Gasteiger partial charge in [-0.15, -0.1) is 11.8 Å². The lowest BCUT2D eigenvalue weighted by Gasteiger charge is -2.36. The highest BCUT2D eigenvalue weighted by atomic mass is 32.2. The maximum absolute atomic E-state index is 13.0. The van der Waals surface area contributed by atoms with Gasteiger partial charge in [-0.25, -0.2) is 0 Å². The lowest BCUT2D eigenvalue weighted by molar-refractivity contribution is -0.113. The number of thioether (sulfide) groups is 1. The van der Waals surface area contributed by atoms with E-state index >= 15 is 0 Å². The van der Waals surface area contributed by atoms with Gasteiger partial charge in [0.15, 0.2) is 0 Å². The maximum atomic E-state index is 13.0. The van der Waals surface area contributed by atoms with Crippen molar-refractivity contribution in [1.29, 1.82) is 0 Å². The van der Waals surface area contributed by atoms with Crippen molar-refractivity contribution in [3.63, 3.8) is 0 Å². The smallest absolute Gasteiger partial charge is 0.270 e. The second-order valence-electron chi connectivity index (χ2n) is 7.84. The fourth-order valence-electron chi connectivity index (χ4n) is 4.01. The summed E-state index contributed by atoms with van der Waals surface area (Å²) >= 11 is 1.46. The van der Waals surface area contributed by atoms with E-state index in [2.05, 4.69) is 10.4 Å². The zero-order valence-corrected chi connectivity index (χ0v) is 17.1. The van der Waals surface area contributed by atoms with Gasteiger partial charge in [0.05, 0.1) is 35.3 Å². The van der Waals surface area contributed by atoms with Gasteiger partial charge >= 0.3 is 0 Å². The minimum Gasteiger partial charge on any atom is -0.497 e. The molecule has 1 fully saturated rings. The number of nitrogens with one attached hydrogen (secondary N) is 2. The molecule has 4 rings (SSSR count). The van der Waals surface area contributed by atoms with E-state index in [4.69, 9.17) is 9.47 Å². The van der Waals surface area contributed by atoms with Gasteiger partial charge in [-0.2, -0.15) is 0 Å². The van der Waals surface area contributed by atoms with Gasteiger partial charge in [0.25, 0.3) is 5.56 Å². The zero-order valence-electron chi connectivity index (χ0n) is 16.3. The van der Waals surface area contributed by atoms with Gasteiger partial charge in [0, 0.05) is 6.61 Å². The molecule has 0 spiro atoms. The summed E-state index contributed by atoms with van der Waals surface area (Å²) in [5, 5.41) is 5.70. The van der Waals surface area contributed by atoms with E-state index in [1.54, 1.807) is 7.11 Å². The Hall–Kier alpha value is -2.19. The average molecular weight is 404 g/mol. The second kappa shape index (κ2) is 7.33. The fraction of sp³-hybridized carbons (Fsp3) is 0.500. The first-order valence-corrected chi connectivity index (χ1v) is 10.5. The number of rotatable bonds is 3. The number of hydrogen-bond acceptors (Lipinski definition) is 5. The molecule has 1 amide bonds. The van der Waals surface area contributed by atoms with Crippen molar-refractivity contribution >= 4 is 23.5 Å². The highest BCUT2D eigenvalue weighted by Crippen LogP contribution is 2.42. The third-order valence-corrected chi connectivity index (χ3v) is 6.57. The van der Waals surface area contributed by atoms with Crippen LogP contribution >= 0.6 is 11.8 Å². The van der Waals surface area contributed by atoms with Gasteiger partial charge in [-0.05, 0) is 44.4 Å². The van der Waals surface area contributed by atoms with Crippen molar-refractivity contribution in [1.82, 2.24) is 9.78 Å². The number of H-pyrrole nitrogens is 1. The number of methoxy groups -OCH3 is 1. The summed E-state index contributed by atoms with van der Waals surface area (Å²) in [7, 11) is 1.62. The monoisotopic (exact) mass is 403 g/mol. The maximum Gasteiger partial charge on any atom is 0.270 e. The summed E-state index contributed by atoms with van der Waals surface area (Å²) in [6.45, 7) is 4.72. The Balaban J connectivity index is 1.80. The number of amides is 1. The third kappa shape index (κ3) is 3.58. The van der Waals surface area contributed by atoms with E-state index in [-0.39, 0.29) is 34.1 Å². The normalized spacial score (nSPS) is 24.2. The summed E-state index contributed by atoms with van der Waals surface area (Å²) < 4.78 is 13.0. The van der Waals surface area contributed by atoms with Crippen molar-refractivity contribution in [3.05, 3.63) is 45.7 Å². The molecular formula is C20H25N3O4S. The first kappa shape index (κ1) is 19.1.